The molecule has 4 rings (SSSR count). The van der Waals surface area contributed by atoms with Gasteiger partial charge in [0.25, 0.3) is 11.1 Å². The molecule has 150 valence electrons. The monoisotopic (exact) mass is 435 g/mol. The van der Waals surface area contributed by atoms with Crippen LogP contribution in [0.25, 0.3) is 6.08 Å². The zero-order valence-corrected chi connectivity index (χ0v) is 17.5. The van der Waals surface area contributed by atoms with E-state index < -0.39 is 0 Å². The Kier molecular flexibility index (Phi) is 6.21. The zero-order valence-electron chi connectivity index (χ0n) is 16.0. The molecule has 3 aromatic rings. The van der Waals surface area contributed by atoms with Crippen molar-refractivity contribution in [1.82, 2.24) is 4.90 Å². The summed E-state index contributed by atoms with van der Waals surface area (Å²) in [7, 11) is 0. The van der Waals surface area contributed by atoms with Crippen molar-refractivity contribution in [2.24, 2.45) is 0 Å². The fraction of sp³-hybridized carbons (Fsp3) is 0.0833. The van der Waals surface area contributed by atoms with E-state index >= 15 is 0 Å². The zero-order chi connectivity index (χ0) is 20.9. The van der Waals surface area contributed by atoms with Gasteiger partial charge in [0.15, 0.2) is 0 Å². The van der Waals surface area contributed by atoms with Crippen LogP contribution in [0.3, 0.4) is 0 Å². The molecule has 3 aromatic carbocycles. The quantitative estimate of drug-likeness (QED) is 0.435. The summed E-state index contributed by atoms with van der Waals surface area (Å²) >= 11 is 6.85. The topological polar surface area (TPSA) is 46.6 Å². The number of hydrogen-bond acceptors (Lipinski definition) is 4. The summed E-state index contributed by atoms with van der Waals surface area (Å²) in [5, 5.41) is 0.323. The summed E-state index contributed by atoms with van der Waals surface area (Å²) in [6, 6.07) is 24.4. The summed E-state index contributed by atoms with van der Waals surface area (Å²) in [6.45, 7) is 0.634. The Morgan fingerprint density at radius 3 is 2.33 bits per heavy atom. The lowest BCUT2D eigenvalue weighted by atomic mass is 10.1. The average molecular weight is 436 g/mol. The molecule has 0 saturated carbocycles. The molecule has 30 heavy (non-hydrogen) atoms. The van der Waals surface area contributed by atoms with Crippen LogP contribution in [0.2, 0.25) is 5.02 Å². The van der Waals surface area contributed by atoms with Crippen LogP contribution < -0.4 is 4.74 Å². The van der Waals surface area contributed by atoms with Gasteiger partial charge in [0.05, 0.1) is 11.4 Å². The van der Waals surface area contributed by atoms with Gasteiger partial charge >= 0.3 is 0 Å². The number of para-hydroxylation sites is 1. The maximum atomic E-state index is 12.8. The molecule has 1 heterocycles. The molecule has 4 nitrogen and oxygen atoms in total. The number of imide groups is 1. The maximum Gasteiger partial charge on any atom is 0.293 e. The Bertz CT molecular complexity index is 1100. The lowest BCUT2D eigenvalue weighted by Crippen LogP contribution is -2.27. The first-order valence-corrected chi connectivity index (χ1v) is 10.6. The number of halogens is 1. The molecule has 0 aliphatic carbocycles. The van der Waals surface area contributed by atoms with E-state index in [2.05, 4.69) is 0 Å². The first-order chi connectivity index (χ1) is 14.6. The van der Waals surface area contributed by atoms with Crippen LogP contribution in [0, 0.1) is 0 Å². The third-order valence-corrected chi connectivity index (χ3v) is 5.73. The third-order valence-electron chi connectivity index (χ3n) is 4.57. The lowest BCUT2D eigenvalue weighted by Gasteiger charge is -2.12. The van der Waals surface area contributed by atoms with E-state index in [1.54, 1.807) is 18.2 Å². The molecular weight excluding hydrogens is 418 g/mol. The fourth-order valence-electron chi connectivity index (χ4n) is 3.02. The van der Waals surface area contributed by atoms with Gasteiger partial charge in [-0.25, -0.2) is 0 Å². The number of carbonyl (C=O) groups excluding carboxylic acids is 2. The van der Waals surface area contributed by atoms with Gasteiger partial charge in [-0.3, -0.25) is 14.5 Å². The Morgan fingerprint density at radius 1 is 0.867 bits per heavy atom. The van der Waals surface area contributed by atoms with Gasteiger partial charge in [-0.1, -0.05) is 72.3 Å². The van der Waals surface area contributed by atoms with E-state index in [9.17, 15) is 9.59 Å². The van der Waals surface area contributed by atoms with E-state index in [1.165, 1.54) is 4.90 Å². The van der Waals surface area contributed by atoms with E-state index in [0.29, 0.717) is 22.3 Å². The number of carbonyl (C=O) groups is 2. The molecule has 0 bridgehead atoms. The predicted molar refractivity (Wildman–Crippen MR) is 120 cm³/mol. The lowest BCUT2D eigenvalue weighted by molar-refractivity contribution is -0.123. The van der Waals surface area contributed by atoms with Crippen molar-refractivity contribution in [1.29, 1.82) is 0 Å². The average Bonchev–Trinajstić information content (AvgIpc) is 3.03. The van der Waals surface area contributed by atoms with Gasteiger partial charge < -0.3 is 4.74 Å². The van der Waals surface area contributed by atoms with E-state index in [1.807, 2.05) is 66.7 Å². The van der Waals surface area contributed by atoms with Gasteiger partial charge in [0.1, 0.15) is 12.4 Å². The molecule has 0 N–H and O–H groups in total. The summed E-state index contributed by atoms with van der Waals surface area (Å²) in [5.41, 5.74) is 2.65. The smallest absolute Gasteiger partial charge is 0.293 e. The molecular formula is C24H18ClNO3S. The van der Waals surface area contributed by atoms with Crippen molar-refractivity contribution in [3.05, 3.63) is 105 Å². The first kappa shape index (κ1) is 20.3. The van der Waals surface area contributed by atoms with Gasteiger partial charge in [-0.2, -0.15) is 0 Å². The standard InChI is InChI=1S/C24H18ClNO3S/c25-20-12-10-17(11-13-20)15-26-23(27)22(30-24(26)28)14-19-8-4-5-9-21(19)29-16-18-6-2-1-3-7-18/h1-14H,15-16H2/b22-14-. The van der Waals surface area contributed by atoms with Crippen molar-refractivity contribution in [3.63, 3.8) is 0 Å². The van der Waals surface area contributed by atoms with Crippen molar-refractivity contribution in [2.75, 3.05) is 0 Å². The third kappa shape index (κ3) is 4.75. The van der Waals surface area contributed by atoms with Crippen LogP contribution in [0.5, 0.6) is 5.75 Å². The van der Waals surface area contributed by atoms with E-state index in [4.69, 9.17) is 16.3 Å². The second kappa shape index (κ2) is 9.20. The molecule has 1 aliphatic heterocycles. The summed E-state index contributed by atoms with van der Waals surface area (Å²) < 4.78 is 5.95. The predicted octanol–water partition coefficient (Wildman–Crippen LogP) is 6.16. The molecule has 0 aromatic heterocycles. The second-order valence-corrected chi connectivity index (χ2v) is 8.14. The normalized spacial score (nSPS) is 15.1. The molecule has 6 heteroatoms. The number of thioether (sulfide) groups is 1. The minimum absolute atomic E-state index is 0.214. The van der Waals surface area contributed by atoms with Crippen LogP contribution in [0.4, 0.5) is 4.79 Å². The highest BCUT2D eigenvalue weighted by molar-refractivity contribution is 8.18. The van der Waals surface area contributed by atoms with Crippen LogP contribution in [0.1, 0.15) is 16.7 Å². The minimum atomic E-state index is -0.308. The van der Waals surface area contributed by atoms with Crippen LogP contribution in [0.15, 0.2) is 83.8 Å². The number of ether oxygens (including phenoxy) is 1. The second-order valence-electron chi connectivity index (χ2n) is 6.71. The molecule has 2 amide bonds. The highest BCUT2D eigenvalue weighted by Crippen LogP contribution is 2.35. The summed E-state index contributed by atoms with van der Waals surface area (Å²) in [4.78, 5) is 26.9. The van der Waals surface area contributed by atoms with Gasteiger partial charge in [-0.15, -0.1) is 0 Å². The Labute approximate surface area is 184 Å². The van der Waals surface area contributed by atoms with E-state index in [-0.39, 0.29) is 17.7 Å². The fourth-order valence-corrected chi connectivity index (χ4v) is 3.97. The van der Waals surface area contributed by atoms with Gasteiger partial charge in [0.2, 0.25) is 0 Å². The van der Waals surface area contributed by atoms with Gasteiger partial charge in [0, 0.05) is 10.6 Å². The highest BCUT2D eigenvalue weighted by atomic mass is 35.5. The molecule has 1 fully saturated rings. The minimum Gasteiger partial charge on any atom is -0.488 e. The highest BCUT2D eigenvalue weighted by Gasteiger charge is 2.35. The summed E-state index contributed by atoms with van der Waals surface area (Å²) in [6.07, 6.45) is 1.72. The number of hydrogen-bond donors (Lipinski definition) is 0. The van der Waals surface area contributed by atoms with Crippen molar-refractivity contribution < 1.29 is 14.3 Å². The SMILES string of the molecule is O=C1S/C(=C\c2ccccc2OCc2ccccc2)C(=O)N1Cc1ccc(Cl)cc1. The number of rotatable bonds is 6. The van der Waals surface area contributed by atoms with Crippen LogP contribution in [-0.4, -0.2) is 16.0 Å². The van der Waals surface area contributed by atoms with Crippen molar-refractivity contribution >= 4 is 40.6 Å². The molecule has 1 saturated heterocycles. The van der Waals surface area contributed by atoms with Crippen molar-refractivity contribution in [3.8, 4) is 5.75 Å². The molecule has 1 aliphatic rings. The maximum absolute atomic E-state index is 12.8. The molecule has 0 atom stereocenters. The Balaban J connectivity index is 1.51. The van der Waals surface area contributed by atoms with Gasteiger partial charge in [-0.05, 0) is 47.2 Å². The molecule has 0 radical (unpaired) electrons. The molecule has 0 unspecified atom stereocenters. The van der Waals surface area contributed by atoms with Crippen LogP contribution >= 0.6 is 23.4 Å². The number of nitrogens with zero attached hydrogens (tertiary/aromatic N) is 1. The Morgan fingerprint density at radius 2 is 1.57 bits per heavy atom. The number of amides is 2. The molecule has 0 spiro atoms. The van der Waals surface area contributed by atoms with Crippen LogP contribution in [-0.2, 0) is 17.9 Å². The van der Waals surface area contributed by atoms with E-state index in [0.717, 1.165) is 28.5 Å². The van der Waals surface area contributed by atoms with Crippen molar-refractivity contribution in [2.45, 2.75) is 13.2 Å². The number of benzene rings is 3. The Hall–Kier alpha value is -3.02. The largest absolute Gasteiger partial charge is 0.488 e. The first-order valence-electron chi connectivity index (χ1n) is 9.36. The summed E-state index contributed by atoms with van der Waals surface area (Å²) in [5.74, 6) is 0.351.